The second kappa shape index (κ2) is 7.04. The van der Waals surface area contributed by atoms with Gasteiger partial charge in [-0.05, 0) is 36.6 Å². The molecule has 1 aliphatic rings. The maximum atomic E-state index is 5.97. The van der Waals surface area contributed by atoms with E-state index in [0.717, 1.165) is 40.5 Å². The summed E-state index contributed by atoms with van der Waals surface area (Å²) in [6, 6.07) is 10.3. The van der Waals surface area contributed by atoms with Crippen LogP contribution in [-0.4, -0.2) is 20.5 Å². The molecule has 0 aromatic heterocycles. The van der Waals surface area contributed by atoms with Crippen LogP contribution in [0.15, 0.2) is 30.3 Å². The molecule has 0 saturated carbocycles. The van der Waals surface area contributed by atoms with Gasteiger partial charge in [-0.3, -0.25) is 0 Å². The van der Waals surface area contributed by atoms with Crippen molar-refractivity contribution in [1.82, 2.24) is 0 Å². The quantitative estimate of drug-likeness (QED) is 0.772. The Bertz CT molecular complexity index is 724. The first-order valence-electron chi connectivity index (χ1n) is 8.35. The number of aryl methyl sites for hydroxylation is 1. The van der Waals surface area contributed by atoms with E-state index in [0.29, 0.717) is 6.61 Å². The lowest BCUT2D eigenvalue weighted by Gasteiger charge is -2.19. The van der Waals surface area contributed by atoms with Crippen LogP contribution < -0.4 is 18.9 Å². The highest BCUT2D eigenvalue weighted by atomic mass is 16.7. The molecule has 3 rings (SSSR count). The fraction of sp³-hybridized carbons (Fsp3) is 0.400. The Kier molecular flexibility index (Phi) is 4.84. The van der Waals surface area contributed by atoms with Crippen LogP contribution >= 0.6 is 0 Å². The highest BCUT2D eigenvalue weighted by molar-refractivity contribution is 5.55. The standard InChI is InChI=1S/C20H24O4/c1-5-8-22-18-11-20-19(23-12-24-20)10-16(18)14(3)15-6-7-17(21-4)13(2)9-15/h6-7,9-11,14H,5,8,12H2,1-4H3/t14-/m1/s1. The first-order chi connectivity index (χ1) is 11.6. The summed E-state index contributed by atoms with van der Waals surface area (Å²) in [7, 11) is 1.69. The molecule has 4 heteroatoms. The Morgan fingerprint density at radius 1 is 1.08 bits per heavy atom. The van der Waals surface area contributed by atoms with Crippen LogP contribution in [0.25, 0.3) is 0 Å². The van der Waals surface area contributed by atoms with Gasteiger partial charge in [-0.15, -0.1) is 0 Å². The van der Waals surface area contributed by atoms with Crippen molar-refractivity contribution in [3.63, 3.8) is 0 Å². The summed E-state index contributed by atoms with van der Waals surface area (Å²) in [5.74, 6) is 3.48. The van der Waals surface area contributed by atoms with Gasteiger partial charge >= 0.3 is 0 Å². The molecule has 1 aliphatic heterocycles. The van der Waals surface area contributed by atoms with E-state index in [4.69, 9.17) is 18.9 Å². The van der Waals surface area contributed by atoms with E-state index in [1.165, 1.54) is 5.56 Å². The van der Waals surface area contributed by atoms with E-state index in [-0.39, 0.29) is 12.7 Å². The van der Waals surface area contributed by atoms with Crippen LogP contribution in [0.5, 0.6) is 23.0 Å². The molecule has 0 bridgehead atoms. The Balaban J connectivity index is 1.98. The number of hydrogen-bond acceptors (Lipinski definition) is 4. The Hall–Kier alpha value is -2.36. The molecule has 2 aromatic carbocycles. The zero-order valence-corrected chi connectivity index (χ0v) is 14.7. The molecule has 0 spiro atoms. The lowest BCUT2D eigenvalue weighted by atomic mass is 9.91. The number of fused-ring (bicyclic) bond motifs is 1. The van der Waals surface area contributed by atoms with Crippen LogP contribution in [0.4, 0.5) is 0 Å². The van der Waals surface area contributed by atoms with E-state index in [1.807, 2.05) is 18.2 Å². The van der Waals surface area contributed by atoms with Gasteiger partial charge in [-0.25, -0.2) is 0 Å². The van der Waals surface area contributed by atoms with Gasteiger partial charge in [-0.1, -0.05) is 26.0 Å². The molecular formula is C20H24O4. The summed E-state index contributed by atoms with van der Waals surface area (Å²) in [6.07, 6.45) is 0.962. The normalized spacial score (nSPS) is 13.7. The number of benzene rings is 2. The zero-order valence-electron chi connectivity index (χ0n) is 14.7. The number of hydrogen-bond donors (Lipinski definition) is 0. The molecule has 0 radical (unpaired) electrons. The van der Waals surface area contributed by atoms with Gasteiger partial charge in [0.05, 0.1) is 13.7 Å². The lowest BCUT2D eigenvalue weighted by Crippen LogP contribution is -2.04. The molecule has 0 aliphatic carbocycles. The Morgan fingerprint density at radius 2 is 1.83 bits per heavy atom. The van der Waals surface area contributed by atoms with Gasteiger partial charge in [-0.2, -0.15) is 0 Å². The summed E-state index contributed by atoms with van der Waals surface area (Å²) in [6.45, 7) is 7.28. The summed E-state index contributed by atoms with van der Waals surface area (Å²) >= 11 is 0. The van der Waals surface area contributed by atoms with E-state index >= 15 is 0 Å². The SMILES string of the molecule is CCCOc1cc2c(cc1[C@H](C)c1ccc(OC)c(C)c1)OCO2. The molecule has 24 heavy (non-hydrogen) atoms. The average molecular weight is 328 g/mol. The highest BCUT2D eigenvalue weighted by Gasteiger charge is 2.22. The molecular weight excluding hydrogens is 304 g/mol. The fourth-order valence-corrected chi connectivity index (χ4v) is 2.96. The largest absolute Gasteiger partial charge is 0.496 e. The minimum absolute atomic E-state index is 0.177. The molecule has 0 amide bonds. The zero-order chi connectivity index (χ0) is 17.1. The van der Waals surface area contributed by atoms with Gasteiger partial charge in [0.25, 0.3) is 0 Å². The summed E-state index contributed by atoms with van der Waals surface area (Å²) in [4.78, 5) is 0. The predicted molar refractivity (Wildman–Crippen MR) is 93.6 cm³/mol. The van der Waals surface area contributed by atoms with Crippen LogP contribution in [0.2, 0.25) is 0 Å². The molecule has 0 fully saturated rings. The number of rotatable bonds is 6. The first kappa shape index (κ1) is 16.5. The molecule has 1 atom stereocenters. The summed E-state index contributed by atoms with van der Waals surface area (Å²) in [5.41, 5.74) is 3.45. The lowest BCUT2D eigenvalue weighted by molar-refractivity contribution is 0.173. The van der Waals surface area contributed by atoms with Crippen LogP contribution in [0.1, 0.15) is 42.9 Å². The van der Waals surface area contributed by atoms with Gasteiger partial charge in [0, 0.05) is 17.5 Å². The Morgan fingerprint density at radius 3 is 2.50 bits per heavy atom. The van der Waals surface area contributed by atoms with Gasteiger partial charge in [0.15, 0.2) is 11.5 Å². The summed E-state index contributed by atoms with van der Waals surface area (Å²) < 4.78 is 22.4. The van der Waals surface area contributed by atoms with Crippen molar-refractivity contribution in [2.45, 2.75) is 33.1 Å². The molecule has 4 nitrogen and oxygen atoms in total. The van der Waals surface area contributed by atoms with Crippen molar-refractivity contribution in [1.29, 1.82) is 0 Å². The molecule has 2 aromatic rings. The van der Waals surface area contributed by atoms with Crippen LogP contribution in [0, 0.1) is 6.92 Å². The summed E-state index contributed by atoms with van der Waals surface area (Å²) in [5, 5.41) is 0. The van der Waals surface area contributed by atoms with Gasteiger partial charge in [0.2, 0.25) is 6.79 Å². The van der Waals surface area contributed by atoms with E-state index in [1.54, 1.807) is 7.11 Å². The number of methoxy groups -OCH3 is 1. The molecule has 128 valence electrons. The third kappa shape index (κ3) is 3.14. The topological polar surface area (TPSA) is 36.9 Å². The maximum absolute atomic E-state index is 5.97. The van der Waals surface area contributed by atoms with Crippen molar-refractivity contribution in [2.24, 2.45) is 0 Å². The minimum atomic E-state index is 0.177. The second-order valence-electron chi connectivity index (χ2n) is 6.04. The van der Waals surface area contributed by atoms with Crippen molar-refractivity contribution in [2.75, 3.05) is 20.5 Å². The maximum Gasteiger partial charge on any atom is 0.231 e. The second-order valence-corrected chi connectivity index (χ2v) is 6.04. The smallest absolute Gasteiger partial charge is 0.231 e. The highest BCUT2D eigenvalue weighted by Crippen LogP contribution is 2.42. The van der Waals surface area contributed by atoms with E-state index in [9.17, 15) is 0 Å². The molecule has 1 heterocycles. The predicted octanol–water partition coefficient (Wildman–Crippen LogP) is 4.67. The van der Waals surface area contributed by atoms with Crippen molar-refractivity contribution in [3.8, 4) is 23.0 Å². The van der Waals surface area contributed by atoms with E-state index < -0.39 is 0 Å². The van der Waals surface area contributed by atoms with Gasteiger partial charge in [0.1, 0.15) is 11.5 Å². The van der Waals surface area contributed by atoms with Crippen molar-refractivity contribution < 1.29 is 18.9 Å². The monoisotopic (exact) mass is 328 g/mol. The van der Waals surface area contributed by atoms with Gasteiger partial charge < -0.3 is 18.9 Å². The van der Waals surface area contributed by atoms with Crippen molar-refractivity contribution >= 4 is 0 Å². The average Bonchev–Trinajstić information content (AvgIpc) is 3.05. The molecule has 0 saturated heterocycles. The molecule has 0 unspecified atom stereocenters. The first-order valence-corrected chi connectivity index (χ1v) is 8.35. The minimum Gasteiger partial charge on any atom is -0.496 e. The van der Waals surface area contributed by atoms with Crippen molar-refractivity contribution in [3.05, 3.63) is 47.0 Å². The Labute approximate surface area is 143 Å². The third-order valence-electron chi connectivity index (χ3n) is 4.35. The molecule has 0 N–H and O–H groups in total. The van der Waals surface area contributed by atoms with Crippen LogP contribution in [0.3, 0.4) is 0 Å². The fourth-order valence-electron chi connectivity index (χ4n) is 2.96. The third-order valence-corrected chi connectivity index (χ3v) is 4.35. The van der Waals surface area contributed by atoms with E-state index in [2.05, 4.69) is 32.9 Å². The number of ether oxygens (including phenoxy) is 4. The van der Waals surface area contributed by atoms with Crippen LogP contribution in [-0.2, 0) is 0 Å².